The highest BCUT2D eigenvalue weighted by Crippen LogP contribution is 2.30. The lowest BCUT2D eigenvalue weighted by Crippen LogP contribution is -1.92. The number of ether oxygens (including phenoxy) is 1. The maximum Gasteiger partial charge on any atom is 0.148 e. The van der Waals surface area contributed by atoms with Crippen molar-refractivity contribution in [3.8, 4) is 17.6 Å². The van der Waals surface area contributed by atoms with E-state index in [4.69, 9.17) is 10.00 Å². The first-order valence-electron chi connectivity index (χ1n) is 5.24. The molecule has 0 radical (unpaired) electrons. The van der Waals surface area contributed by atoms with Crippen molar-refractivity contribution < 1.29 is 9.13 Å². The Bertz CT molecular complexity index is 634. The van der Waals surface area contributed by atoms with Crippen LogP contribution in [0.15, 0.2) is 40.9 Å². The van der Waals surface area contributed by atoms with Gasteiger partial charge in [-0.05, 0) is 52.7 Å². The van der Waals surface area contributed by atoms with E-state index in [9.17, 15) is 4.39 Å². The highest BCUT2D eigenvalue weighted by molar-refractivity contribution is 9.10. The van der Waals surface area contributed by atoms with Gasteiger partial charge in [-0.15, -0.1) is 0 Å². The lowest BCUT2D eigenvalue weighted by molar-refractivity contribution is 0.474. The Labute approximate surface area is 113 Å². The molecule has 0 heterocycles. The molecule has 0 N–H and O–H groups in total. The average molecular weight is 306 g/mol. The van der Waals surface area contributed by atoms with Crippen molar-refractivity contribution in [1.29, 1.82) is 5.26 Å². The molecule has 4 heteroatoms. The van der Waals surface area contributed by atoms with E-state index in [0.717, 1.165) is 5.56 Å². The third kappa shape index (κ3) is 2.52. The second-order valence-electron chi connectivity index (χ2n) is 3.74. The van der Waals surface area contributed by atoms with Gasteiger partial charge in [-0.2, -0.15) is 5.26 Å². The van der Waals surface area contributed by atoms with Crippen molar-refractivity contribution in [2.75, 3.05) is 0 Å². The lowest BCUT2D eigenvalue weighted by Gasteiger charge is -2.10. The third-order valence-electron chi connectivity index (χ3n) is 2.44. The SMILES string of the molecule is Cc1cccc(C#N)c1Oc1ccc(F)c(Br)c1. The smallest absolute Gasteiger partial charge is 0.148 e. The third-order valence-corrected chi connectivity index (χ3v) is 3.05. The van der Waals surface area contributed by atoms with Crippen LogP contribution in [0, 0.1) is 24.1 Å². The van der Waals surface area contributed by atoms with Gasteiger partial charge in [0.05, 0.1) is 10.0 Å². The Morgan fingerprint density at radius 2 is 2.06 bits per heavy atom. The summed E-state index contributed by atoms with van der Waals surface area (Å²) >= 11 is 3.09. The van der Waals surface area contributed by atoms with Crippen molar-refractivity contribution in [2.24, 2.45) is 0 Å². The Hall–Kier alpha value is -1.86. The largest absolute Gasteiger partial charge is 0.456 e. The number of halogens is 2. The molecule has 0 saturated carbocycles. The summed E-state index contributed by atoms with van der Waals surface area (Å²) in [6.07, 6.45) is 0. The maximum absolute atomic E-state index is 13.1. The van der Waals surface area contributed by atoms with Gasteiger partial charge in [-0.3, -0.25) is 0 Å². The number of hydrogen-bond donors (Lipinski definition) is 0. The van der Waals surface area contributed by atoms with Gasteiger partial charge in [0.15, 0.2) is 0 Å². The fourth-order valence-corrected chi connectivity index (χ4v) is 1.89. The predicted molar refractivity (Wildman–Crippen MR) is 70.1 cm³/mol. The number of aryl methyl sites for hydroxylation is 1. The molecule has 2 aromatic rings. The molecule has 0 aliphatic carbocycles. The van der Waals surface area contributed by atoms with Crippen LogP contribution in [-0.4, -0.2) is 0 Å². The second kappa shape index (κ2) is 5.19. The van der Waals surface area contributed by atoms with Crippen molar-refractivity contribution in [1.82, 2.24) is 0 Å². The van der Waals surface area contributed by atoms with E-state index in [0.29, 0.717) is 21.5 Å². The summed E-state index contributed by atoms with van der Waals surface area (Å²) in [5, 5.41) is 9.02. The highest BCUT2D eigenvalue weighted by atomic mass is 79.9. The molecule has 0 aliphatic heterocycles. The van der Waals surface area contributed by atoms with Crippen molar-refractivity contribution in [3.63, 3.8) is 0 Å². The summed E-state index contributed by atoms with van der Waals surface area (Å²) in [5.41, 5.74) is 1.31. The highest BCUT2D eigenvalue weighted by Gasteiger charge is 2.09. The number of para-hydroxylation sites is 1. The molecule has 2 rings (SSSR count). The minimum Gasteiger partial charge on any atom is -0.456 e. The van der Waals surface area contributed by atoms with Crippen LogP contribution in [-0.2, 0) is 0 Å². The molecule has 0 bridgehead atoms. The van der Waals surface area contributed by atoms with Gasteiger partial charge < -0.3 is 4.74 Å². The summed E-state index contributed by atoms with van der Waals surface area (Å²) in [7, 11) is 0. The first kappa shape index (κ1) is 12.6. The quantitative estimate of drug-likeness (QED) is 0.815. The zero-order valence-electron chi connectivity index (χ0n) is 9.58. The van der Waals surface area contributed by atoms with E-state index in [-0.39, 0.29) is 5.82 Å². The molecular weight excluding hydrogens is 297 g/mol. The second-order valence-corrected chi connectivity index (χ2v) is 4.60. The maximum atomic E-state index is 13.1. The molecule has 0 spiro atoms. The van der Waals surface area contributed by atoms with Gasteiger partial charge in [0, 0.05) is 0 Å². The molecule has 18 heavy (non-hydrogen) atoms. The van der Waals surface area contributed by atoms with Gasteiger partial charge in [0.25, 0.3) is 0 Å². The fraction of sp³-hybridized carbons (Fsp3) is 0.0714. The summed E-state index contributed by atoms with van der Waals surface area (Å²) in [4.78, 5) is 0. The van der Waals surface area contributed by atoms with Crippen LogP contribution in [0.2, 0.25) is 0 Å². The minimum absolute atomic E-state index is 0.326. The topological polar surface area (TPSA) is 33.0 Å². The van der Waals surface area contributed by atoms with Crippen LogP contribution >= 0.6 is 15.9 Å². The Kier molecular flexibility index (Phi) is 3.63. The van der Waals surface area contributed by atoms with Crippen LogP contribution < -0.4 is 4.74 Å². The zero-order valence-corrected chi connectivity index (χ0v) is 11.2. The molecule has 0 atom stereocenters. The molecule has 0 amide bonds. The Morgan fingerprint density at radius 1 is 1.28 bits per heavy atom. The van der Waals surface area contributed by atoms with Crippen molar-refractivity contribution >= 4 is 15.9 Å². The summed E-state index contributed by atoms with van der Waals surface area (Å²) in [6.45, 7) is 1.86. The molecule has 2 nitrogen and oxygen atoms in total. The standard InChI is InChI=1S/C14H9BrFNO/c1-9-3-2-4-10(8-17)14(9)18-11-5-6-13(16)12(15)7-11/h2-7H,1H3. The van der Waals surface area contributed by atoms with E-state index in [1.807, 2.05) is 13.0 Å². The van der Waals surface area contributed by atoms with Gasteiger partial charge >= 0.3 is 0 Å². The number of nitriles is 1. The fourth-order valence-electron chi connectivity index (χ4n) is 1.53. The van der Waals surface area contributed by atoms with Crippen molar-refractivity contribution in [2.45, 2.75) is 6.92 Å². The molecular formula is C14H9BrFNO. The van der Waals surface area contributed by atoms with E-state index in [1.54, 1.807) is 12.1 Å². The van der Waals surface area contributed by atoms with Gasteiger partial charge in [-0.25, -0.2) is 4.39 Å². The zero-order chi connectivity index (χ0) is 13.1. The molecule has 0 fully saturated rings. The molecule has 2 aromatic carbocycles. The first-order valence-corrected chi connectivity index (χ1v) is 6.03. The average Bonchev–Trinajstić information content (AvgIpc) is 2.36. The van der Waals surface area contributed by atoms with Crippen LogP contribution in [0.1, 0.15) is 11.1 Å². The van der Waals surface area contributed by atoms with Gasteiger partial charge in [0.2, 0.25) is 0 Å². The minimum atomic E-state index is -0.354. The monoisotopic (exact) mass is 305 g/mol. The van der Waals surface area contributed by atoms with Crippen LogP contribution in [0.3, 0.4) is 0 Å². The van der Waals surface area contributed by atoms with Crippen LogP contribution in [0.25, 0.3) is 0 Å². The van der Waals surface area contributed by atoms with E-state index < -0.39 is 0 Å². The van der Waals surface area contributed by atoms with Gasteiger partial charge in [-0.1, -0.05) is 12.1 Å². The number of benzene rings is 2. The summed E-state index contributed by atoms with van der Waals surface area (Å²) < 4.78 is 19.1. The number of nitrogens with zero attached hydrogens (tertiary/aromatic N) is 1. The Morgan fingerprint density at radius 3 is 2.72 bits per heavy atom. The first-order chi connectivity index (χ1) is 8.61. The number of rotatable bonds is 2. The van der Waals surface area contributed by atoms with Crippen LogP contribution in [0.5, 0.6) is 11.5 Å². The molecule has 90 valence electrons. The van der Waals surface area contributed by atoms with E-state index >= 15 is 0 Å². The molecule has 0 aliphatic rings. The molecule has 0 unspecified atom stereocenters. The Balaban J connectivity index is 2.40. The van der Waals surface area contributed by atoms with E-state index in [2.05, 4.69) is 22.0 Å². The van der Waals surface area contributed by atoms with E-state index in [1.165, 1.54) is 18.2 Å². The van der Waals surface area contributed by atoms with Crippen molar-refractivity contribution in [3.05, 3.63) is 57.8 Å². The van der Waals surface area contributed by atoms with Gasteiger partial charge in [0.1, 0.15) is 23.4 Å². The summed E-state index contributed by atoms with van der Waals surface area (Å²) in [5.74, 6) is 0.625. The molecule has 0 saturated heterocycles. The predicted octanol–water partition coefficient (Wildman–Crippen LogP) is 4.56. The normalized spacial score (nSPS) is 9.89. The molecule has 0 aromatic heterocycles. The number of hydrogen-bond acceptors (Lipinski definition) is 2. The van der Waals surface area contributed by atoms with Crippen LogP contribution in [0.4, 0.5) is 4.39 Å². The lowest BCUT2D eigenvalue weighted by atomic mass is 10.1. The summed E-state index contributed by atoms with van der Waals surface area (Å²) in [6, 6.07) is 11.8.